The fourth-order valence-corrected chi connectivity index (χ4v) is 1.70. The summed E-state index contributed by atoms with van der Waals surface area (Å²) in [4.78, 5) is 12.1. The molecule has 0 heterocycles. The Morgan fingerprint density at radius 1 is 1.25 bits per heavy atom. The van der Waals surface area contributed by atoms with Gasteiger partial charge in [-0.25, -0.2) is 0 Å². The minimum absolute atomic E-state index is 0.119. The van der Waals surface area contributed by atoms with Crippen LogP contribution in [0.5, 0.6) is 11.5 Å². The Morgan fingerprint density at radius 3 is 2.55 bits per heavy atom. The van der Waals surface area contributed by atoms with Crippen LogP contribution in [0.3, 0.4) is 0 Å². The van der Waals surface area contributed by atoms with Crippen LogP contribution in [0, 0.1) is 11.3 Å². The van der Waals surface area contributed by atoms with Crippen LogP contribution < -0.4 is 10.1 Å². The number of phenols is 1. The molecule has 0 saturated carbocycles. The SMILES string of the molecule is COc1cccc(C(=O)Nc2ccc(C#N)cc2)c1O. The lowest BCUT2D eigenvalue weighted by atomic mass is 10.1. The van der Waals surface area contributed by atoms with Crippen molar-refractivity contribution in [2.45, 2.75) is 0 Å². The van der Waals surface area contributed by atoms with Gasteiger partial charge in [-0.05, 0) is 36.4 Å². The van der Waals surface area contributed by atoms with E-state index >= 15 is 0 Å². The van der Waals surface area contributed by atoms with E-state index in [1.54, 1.807) is 36.4 Å². The van der Waals surface area contributed by atoms with Crippen LogP contribution >= 0.6 is 0 Å². The van der Waals surface area contributed by atoms with Crippen LogP contribution in [0.4, 0.5) is 5.69 Å². The summed E-state index contributed by atoms with van der Waals surface area (Å²) in [6.45, 7) is 0. The molecule has 0 aromatic heterocycles. The zero-order valence-corrected chi connectivity index (χ0v) is 10.8. The first-order valence-corrected chi connectivity index (χ1v) is 5.83. The highest BCUT2D eigenvalue weighted by atomic mass is 16.5. The number of aromatic hydroxyl groups is 1. The minimum atomic E-state index is -0.453. The summed E-state index contributed by atoms with van der Waals surface area (Å²) >= 11 is 0. The lowest BCUT2D eigenvalue weighted by Crippen LogP contribution is -2.12. The molecule has 0 unspecified atom stereocenters. The third-order valence-electron chi connectivity index (χ3n) is 2.74. The van der Waals surface area contributed by atoms with Crippen LogP contribution in [0.1, 0.15) is 15.9 Å². The molecule has 2 aromatic carbocycles. The quantitative estimate of drug-likeness (QED) is 0.896. The molecule has 0 spiro atoms. The molecule has 100 valence electrons. The fraction of sp³-hybridized carbons (Fsp3) is 0.0667. The van der Waals surface area contributed by atoms with Gasteiger partial charge in [0.05, 0.1) is 24.3 Å². The van der Waals surface area contributed by atoms with Crippen molar-refractivity contribution >= 4 is 11.6 Å². The van der Waals surface area contributed by atoms with Crippen molar-refractivity contribution in [1.82, 2.24) is 0 Å². The molecular formula is C15H12N2O3. The number of para-hydroxylation sites is 1. The first kappa shape index (κ1) is 13.4. The Labute approximate surface area is 116 Å². The number of hydrogen-bond acceptors (Lipinski definition) is 4. The van der Waals surface area contributed by atoms with Crippen molar-refractivity contribution in [3.63, 3.8) is 0 Å². The molecule has 5 nitrogen and oxygen atoms in total. The van der Waals surface area contributed by atoms with Gasteiger partial charge in [0.25, 0.3) is 5.91 Å². The highest BCUT2D eigenvalue weighted by Crippen LogP contribution is 2.29. The number of rotatable bonds is 3. The molecule has 0 saturated heterocycles. The van der Waals surface area contributed by atoms with Gasteiger partial charge in [-0.1, -0.05) is 6.07 Å². The Bertz CT molecular complexity index is 673. The monoisotopic (exact) mass is 268 g/mol. The molecule has 2 N–H and O–H groups in total. The zero-order valence-electron chi connectivity index (χ0n) is 10.8. The van der Waals surface area contributed by atoms with Gasteiger partial charge in [-0.2, -0.15) is 5.26 Å². The van der Waals surface area contributed by atoms with Crippen molar-refractivity contribution in [2.75, 3.05) is 12.4 Å². The molecule has 0 aliphatic rings. The smallest absolute Gasteiger partial charge is 0.259 e. The number of nitrogens with one attached hydrogen (secondary N) is 1. The molecule has 0 radical (unpaired) electrons. The Hall–Kier alpha value is -3.00. The third kappa shape index (κ3) is 2.70. The number of anilines is 1. The third-order valence-corrected chi connectivity index (χ3v) is 2.74. The molecular weight excluding hydrogens is 256 g/mol. The Balaban J connectivity index is 2.22. The fourth-order valence-electron chi connectivity index (χ4n) is 1.70. The molecule has 5 heteroatoms. The maximum atomic E-state index is 12.1. The Kier molecular flexibility index (Phi) is 3.87. The van der Waals surface area contributed by atoms with E-state index in [0.717, 1.165) is 0 Å². The van der Waals surface area contributed by atoms with Gasteiger partial charge < -0.3 is 15.2 Å². The second-order valence-electron chi connectivity index (χ2n) is 4.00. The topological polar surface area (TPSA) is 82.3 Å². The maximum Gasteiger partial charge on any atom is 0.259 e. The normalized spacial score (nSPS) is 9.60. The second kappa shape index (κ2) is 5.76. The number of amides is 1. The van der Waals surface area contributed by atoms with Gasteiger partial charge in [0, 0.05) is 5.69 Å². The molecule has 1 amide bonds. The van der Waals surface area contributed by atoms with Crippen molar-refractivity contribution in [1.29, 1.82) is 5.26 Å². The molecule has 2 rings (SSSR count). The van der Waals surface area contributed by atoms with Crippen molar-refractivity contribution < 1.29 is 14.6 Å². The summed E-state index contributed by atoms with van der Waals surface area (Å²) in [6.07, 6.45) is 0. The summed E-state index contributed by atoms with van der Waals surface area (Å²) in [6, 6.07) is 13.1. The molecule has 20 heavy (non-hydrogen) atoms. The molecule has 0 aliphatic heterocycles. The van der Waals surface area contributed by atoms with E-state index in [2.05, 4.69) is 5.32 Å². The van der Waals surface area contributed by atoms with Crippen LogP contribution in [0.15, 0.2) is 42.5 Å². The number of hydrogen-bond donors (Lipinski definition) is 2. The lowest BCUT2D eigenvalue weighted by Gasteiger charge is -2.09. The van der Waals surface area contributed by atoms with E-state index in [4.69, 9.17) is 10.00 Å². The number of carbonyl (C=O) groups is 1. The number of phenolic OH excluding ortho intramolecular Hbond substituents is 1. The Morgan fingerprint density at radius 2 is 1.95 bits per heavy atom. The first-order chi connectivity index (χ1) is 9.65. The number of carbonyl (C=O) groups excluding carboxylic acids is 1. The number of benzene rings is 2. The van der Waals surface area contributed by atoms with Crippen molar-refractivity contribution in [2.24, 2.45) is 0 Å². The van der Waals surface area contributed by atoms with Gasteiger partial charge in [0.2, 0.25) is 0 Å². The van der Waals surface area contributed by atoms with Crippen LogP contribution in [0.2, 0.25) is 0 Å². The molecule has 0 aliphatic carbocycles. The van der Waals surface area contributed by atoms with Crippen LogP contribution in [-0.4, -0.2) is 18.1 Å². The van der Waals surface area contributed by atoms with E-state index in [0.29, 0.717) is 11.3 Å². The largest absolute Gasteiger partial charge is 0.504 e. The molecule has 2 aromatic rings. The average Bonchev–Trinajstić information content (AvgIpc) is 2.48. The second-order valence-corrected chi connectivity index (χ2v) is 4.00. The average molecular weight is 268 g/mol. The summed E-state index contributed by atoms with van der Waals surface area (Å²) < 4.78 is 4.95. The van der Waals surface area contributed by atoms with Gasteiger partial charge in [0.15, 0.2) is 11.5 Å². The molecule has 0 bridgehead atoms. The predicted molar refractivity (Wildman–Crippen MR) is 73.8 cm³/mol. The number of ether oxygens (including phenoxy) is 1. The van der Waals surface area contributed by atoms with Gasteiger partial charge in [-0.3, -0.25) is 4.79 Å². The summed E-state index contributed by atoms with van der Waals surface area (Å²) in [7, 11) is 1.41. The zero-order chi connectivity index (χ0) is 14.5. The van der Waals surface area contributed by atoms with Crippen molar-refractivity contribution in [3.05, 3.63) is 53.6 Å². The number of methoxy groups -OCH3 is 1. The van der Waals surface area contributed by atoms with Gasteiger partial charge in [-0.15, -0.1) is 0 Å². The molecule has 0 fully saturated rings. The van der Waals surface area contributed by atoms with E-state index in [-0.39, 0.29) is 17.1 Å². The number of nitriles is 1. The van der Waals surface area contributed by atoms with E-state index < -0.39 is 5.91 Å². The lowest BCUT2D eigenvalue weighted by molar-refractivity contribution is 0.102. The van der Waals surface area contributed by atoms with Crippen LogP contribution in [0.25, 0.3) is 0 Å². The minimum Gasteiger partial charge on any atom is -0.504 e. The summed E-state index contributed by atoms with van der Waals surface area (Å²) in [5.41, 5.74) is 1.16. The summed E-state index contributed by atoms with van der Waals surface area (Å²) in [5, 5.41) is 21.2. The highest BCUT2D eigenvalue weighted by molar-refractivity contribution is 6.06. The van der Waals surface area contributed by atoms with Gasteiger partial charge >= 0.3 is 0 Å². The van der Waals surface area contributed by atoms with E-state index in [1.807, 2.05) is 6.07 Å². The molecule has 0 atom stereocenters. The first-order valence-electron chi connectivity index (χ1n) is 5.83. The van der Waals surface area contributed by atoms with E-state index in [1.165, 1.54) is 13.2 Å². The number of nitrogens with zero attached hydrogens (tertiary/aromatic N) is 1. The van der Waals surface area contributed by atoms with Crippen LogP contribution in [-0.2, 0) is 0 Å². The van der Waals surface area contributed by atoms with Gasteiger partial charge in [0.1, 0.15) is 0 Å². The van der Waals surface area contributed by atoms with Crippen molar-refractivity contribution in [3.8, 4) is 17.6 Å². The van der Waals surface area contributed by atoms with E-state index in [9.17, 15) is 9.90 Å². The predicted octanol–water partition coefficient (Wildman–Crippen LogP) is 2.52. The maximum absolute atomic E-state index is 12.1. The summed E-state index contributed by atoms with van der Waals surface area (Å²) in [5.74, 6) is -0.426. The highest BCUT2D eigenvalue weighted by Gasteiger charge is 2.14. The standard InChI is InChI=1S/C15H12N2O3/c1-20-13-4-2-3-12(14(13)18)15(19)17-11-7-5-10(9-16)6-8-11/h2-8,18H,1H3,(H,17,19).